The molecule has 0 saturated carbocycles. The average molecular weight is 330 g/mol. The second-order valence-electron chi connectivity index (χ2n) is 5.26. The normalized spacial score (nSPS) is 11.4. The lowest BCUT2D eigenvalue weighted by molar-refractivity contribution is -0.119. The van der Waals surface area contributed by atoms with Crippen molar-refractivity contribution in [2.75, 3.05) is 18.9 Å². The van der Waals surface area contributed by atoms with Crippen LogP contribution in [0.4, 0.5) is 0 Å². The molecule has 2 N–H and O–H groups in total. The molecular formula is C16H24ClNO2S. The van der Waals surface area contributed by atoms with E-state index >= 15 is 0 Å². The van der Waals surface area contributed by atoms with E-state index in [1.54, 1.807) is 11.8 Å². The van der Waals surface area contributed by atoms with Gasteiger partial charge in [0.05, 0.1) is 12.4 Å². The van der Waals surface area contributed by atoms with E-state index in [1.165, 1.54) is 0 Å². The van der Waals surface area contributed by atoms with Gasteiger partial charge in [-0.15, -0.1) is 11.8 Å². The number of rotatable bonds is 9. The molecule has 0 saturated heterocycles. The Balaban J connectivity index is 2.31. The monoisotopic (exact) mass is 329 g/mol. The SMILES string of the molecule is CCC(CC)(CO)CNC(=O)CSCc1cccc(Cl)c1. The zero-order chi connectivity index (χ0) is 15.7. The van der Waals surface area contributed by atoms with Gasteiger partial charge in [-0.2, -0.15) is 0 Å². The summed E-state index contributed by atoms with van der Waals surface area (Å²) in [7, 11) is 0. The molecule has 21 heavy (non-hydrogen) atoms. The van der Waals surface area contributed by atoms with Gasteiger partial charge in [0.25, 0.3) is 0 Å². The molecule has 118 valence electrons. The van der Waals surface area contributed by atoms with E-state index in [-0.39, 0.29) is 17.9 Å². The minimum absolute atomic E-state index is 0.0155. The van der Waals surface area contributed by atoms with E-state index in [0.717, 1.165) is 29.2 Å². The van der Waals surface area contributed by atoms with Crippen molar-refractivity contribution in [3.63, 3.8) is 0 Å². The molecule has 0 fully saturated rings. The Bertz CT molecular complexity index is 441. The molecule has 0 atom stereocenters. The van der Waals surface area contributed by atoms with Crippen molar-refractivity contribution in [1.29, 1.82) is 0 Å². The number of hydrogen-bond acceptors (Lipinski definition) is 3. The molecule has 5 heteroatoms. The van der Waals surface area contributed by atoms with Crippen LogP contribution >= 0.6 is 23.4 Å². The molecule has 1 rings (SSSR count). The first-order chi connectivity index (χ1) is 10.0. The van der Waals surface area contributed by atoms with Crippen molar-refractivity contribution in [3.05, 3.63) is 34.9 Å². The quantitative estimate of drug-likeness (QED) is 0.729. The van der Waals surface area contributed by atoms with Gasteiger partial charge in [0.15, 0.2) is 0 Å². The van der Waals surface area contributed by atoms with Crippen LogP contribution in [0.25, 0.3) is 0 Å². The third-order valence-electron chi connectivity index (χ3n) is 3.89. The zero-order valence-electron chi connectivity index (χ0n) is 12.7. The van der Waals surface area contributed by atoms with Crippen LogP contribution < -0.4 is 5.32 Å². The molecular weight excluding hydrogens is 306 g/mol. The smallest absolute Gasteiger partial charge is 0.230 e. The van der Waals surface area contributed by atoms with Crippen molar-refractivity contribution in [1.82, 2.24) is 5.32 Å². The maximum absolute atomic E-state index is 11.9. The Morgan fingerprint density at radius 1 is 1.38 bits per heavy atom. The lowest BCUT2D eigenvalue weighted by atomic mass is 9.83. The third kappa shape index (κ3) is 6.29. The summed E-state index contributed by atoms with van der Waals surface area (Å²) in [6.45, 7) is 4.72. The first kappa shape index (κ1) is 18.3. The molecule has 0 aliphatic rings. The number of nitrogens with one attached hydrogen (secondary N) is 1. The number of hydrogen-bond donors (Lipinski definition) is 2. The van der Waals surface area contributed by atoms with Crippen LogP contribution in [0.15, 0.2) is 24.3 Å². The van der Waals surface area contributed by atoms with E-state index in [0.29, 0.717) is 12.3 Å². The van der Waals surface area contributed by atoms with Crippen molar-refractivity contribution >= 4 is 29.3 Å². The van der Waals surface area contributed by atoms with E-state index in [4.69, 9.17) is 11.6 Å². The van der Waals surface area contributed by atoms with Crippen LogP contribution in [-0.4, -0.2) is 29.9 Å². The van der Waals surface area contributed by atoms with Gasteiger partial charge in [-0.25, -0.2) is 0 Å². The van der Waals surface area contributed by atoms with Crippen molar-refractivity contribution in [3.8, 4) is 0 Å². The number of benzene rings is 1. The predicted molar refractivity (Wildman–Crippen MR) is 90.7 cm³/mol. The second-order valence-corrected chi connectivity index (χ2v) is 6.69. The molecule has 0 radical (unpaired) electrons. The van der Waals surface area contributed by atoms with E-state index in [2.05, 4.69) is 5.32 Å². The van der Waals surface area contributed by atoms with Gasteiger partial charge in [0, 0.05) is 22.7 Å². The fraction of sp³-hybridized carbons (Fsp3) is 0.562. The molecule has 0 unspecified atom stereocenters. The van der Waals surface area contributed by atoms with Crippen molar-refractivity contribution in [2.24, 2.45) is 5.41 Å². The van der Waals surface area contributed by atoms with Gasteiger partial charge in [0.1, 0.15) is 0 Å². The Kier molecular flexibility index (Phi) is 8.15. The first-order valence-electron chi connectivity index (χ1n) is 7.25. The first-order valence-corrected chi connectivity index (χ1v) is 8.78. The minimum atomic E-state index is -0.187. The van der Waals surface area contributed by atoms with Crippen LogP contribution in [0.2, 0.25) is 5.02 Å². The number of aliphatic hydroxyl groups is 1. The Hall–Kier alpha value is -0.710. The molecule has 3 nitrogen and oxygen atoms in total. The molecule has 0 bridgehead atoms. The number of amides is 1. The standard InChI is InChI=1S/C16H24ClNO2S/c1-3-16(4-2,12-19)11-18-15(20)10-21-9-13-6-5-7-14(17)8-13/h5-8,19H,3-4,9-12H2,1-2H3,(H,18,20). The molecule has 1 amide bonds. The number of thioether (sulfide) groups is 1. The molecule has 0 spiro atoms. The summed E-state index contributed by atoms with van der Waals surface area (Å²) >= 11 is 7.49. The number of halogens is 1. The van der Waals surface area contributed by atoms with Gasteiger partial charge < -0.3 is 10.4 Å². The molecule has 0 heterocycles. The largest absolute Gasteiger partial charge is 0.396 e. The summed E-state index contributed by atoms with van der Waals surface area (Å²) in [5, 5.41) is 13.1. The Morgan fingerprint density at radius 3 is 2.67 bits per heavy atom. The average Bonchev–Trinajstić information content (AvgIpc) is 2.49. The summed E-state index contributed by atoms with van der Waals surface area (Å²) in [6, 6.07) is 7.67. The zero-order valence-corrected chi connectivity index (χ0v) is 14.3. The summed E-state index contributed by atoms with van der Waals surface area (Å²) < 4.78 is 0. The van der Waals surface area contributed by atoms with Gasteiger partial charge >= 0.3 is 0 Å². The van der Waals surface area contributed by atoms with Crippen LogP contribution in [0.1, 0.15) is 32.3 Å². The third-order valence-corrected chi connectivity index (χ3v) is 5.13. The maximum Gasteiger partial charge on any atom is 0.230 e. The van der Waals surface area contributed by atoms with Crippen molar-refractivity contribution in [2.45, 2.75) is 32.4 Å². The summed E-state index contributed by atoms with van der Waals surface area (Å²) in [5.74, 6) is 1.20. The predicted octanol–water partition coefficient (Wildman–Crippen LogP) is 3.49. The number of carbonyl (C=O) groups is 1. The highest BCUT2D eigenvalue weighted by atomic mass is 35.5. The van der Waals surface area contributed by atoms with Crippen LogP contribution in [-0.2, 0) is 10.5 Å². The van der Waals surface area contributed by atoms with E-state index in [1.807, 2.05) is 38.1 Å². The minimum Gasteiger partial charge on any atom is -0.396 e. The highest BCUT2D eigenvalue weighted by Gasteiger charge is 2.25. The summed E-state index contributed by atoms with van der Waals surface area (Å²) in [4.78, 5) is 11.9. The topological polar surface area (TPSA) is 49.3 Å². The lowest BCUT2D eigenvalue weighted by Crippen LogP contribution is -2.40. The van der Waals surface area contributed by atoms with Gasteiger partial charge in [-0.3, -0.25) is 4.79 Å². The second kappa shape index (κ2) is 9.34. The molecule has 1 aromatic carbocycles. The lowest BCUT2D eigenvalue weighted by Gasteiger charge is -2.29. The summed E-state index contributed by atoms with van der Waals surface area (Å²) in [6.07, 6.45) is 1.71. The maximum atomic E-state index is 11.9. The molecule has 0 aliphatic heterocycles. The summed E-state index contributed by atoms with van der Waals surface area (Å²) in [5.41, 5.74) is 0.930. The highest BCUT2D eigenvalue weighted by Crippen LogP contribution is 2.24. The fourth-order valence-electron chi connectivity index (χ4n) is 2.00. The Labute approximate surface area is 136 Å². The Morgan fingerprint density at radius 2 is 2.10 bits per heavy atom. The molecule has 0 aliphatic carbocycles. The van der Waals surface area contributed by atoms with Crippen LogP contribution in [0.3, 0.4) is 0 Å². The highest BCUT2D eigenvalue weighted by molar-refractivity contribution is 7.99. The van der Waals surface area contributed by atoms with Gasteiger partial charge in [-0.05, 0) is 30.5 Å². The van der Waals surface area contributed by atoms with E-state index in [9.17, 15) is 9.90 Å². The number of aliphatic hydroxyl groups excluding tert-OH is 1. The van der Waals surface area contributed by atoms with Crippen LogP contribution in [0, 0.1) is 5.41 Å². The van der Waals surface area contributed by atoms with Gasteiger partial charge in [-0.1, -0.05) is 37.6 Å². The molecule has 1 aromatic rings. The molecule has 0 aromatic heterocycles. The van der Waals surface area contributed by atoms with E-state index < -0.39 is 0 Å². The van der Waals surface area contributed by atoms with Crippen molar-refractivity contribution < 1.29 is 9.90 Å². The fourth-order valence-corrected chi connectivity index (χ4v) is 3.02. The van der Waals surface area contributed by atoms with Crippen LogP contribution in [0.5, 0.6) is 0 Å². The van der Waals surface area contributed by atoms with Gasteiger partial charge in [0.2, 0.25) is 5.91 Å². The number of carbonyl (C=O) groups excluding carboxylic acids is 1.